The van der Waals surface area contributed by atoms with E-state index in [-0.39, 0.29) is 16.7 Å². The third-order valence-corrected chi connectivity index (χ3v) is 3.59. The summed E-state index contributed by atoms with van der Waals surface area (Å²) in [6.07, 6.45) is 4.79. The average molecular weight is 349 g/mol. The normalized spacial score (nSPS) is 12.3. The van der Waals surface area contributed by atoms with Crippen LogP contribution in [0, 0.1) is 5.41 Å². The smallest absolute Gasteiger partial charge is 0.276 e. The maximum absolute atomic E-state index is 5.88. The van der Waals surface area contributed by atoms with Crippen LogP contribution in [0.1, 0.15) is 20.8 Å². The largest absolute Gasteiger partial charge is 0.497 e. The first-order valence-electron chi connectivity index (χ1n) is 7.61. The van der Waals surface area contributed by atoms with Gasteiger partial charge in [-0.05, 0) is 36.5 Å². The quantitative estimate of drug-likeness (QED) is 0.808. The molecule has 1 aromatic heterocycles. The van der Waals surface area contributed by atoms with E-state index >= 15 is 0 Å². The van der Waals surface area contributed by atoms with Gasteiger partial charge in [-0.25, -0.2) is 9.66 Å². The molecular formula is C17H23N3O3S. The van der Waals surface area contributed by atoms with Crippen LogP contribution in [-0.2, 0) is 4.74 Å². The number of imidazole rings is 1. The van der Waals surface area contributed by atoms with E-state index in [2.05, 4.69) is 31.2 Å². The predicted molar refractivity (Wildman–Crippen MR) is 97.0 cm³/mol. The van der Waals surface area contributed by atoms with Crippen molar-refractivity contribution < 1.29 is 14.2 Å². The van der Waals surface area contributed by atoms with Crippen LogP contribution in [0.3, 0.4) is 0 Å². The molecule has 0 aliphatic rings. The van der Waals surface area contributed by atoms with Crippen LogP contribution in [0.5, 0.6) is 11.5 Å². The summed E-state index contributed by atoms with van der Waals surface area (Å²) >= 11 is 5.26. The van der Waals surface area contributed by atoms with Crippen molar-refractivity contribution in [2.45, 2.75) is 26.9 Å². The first kappa shape index (κ1) is 18.1. The molecule has 1 N–H and O–H groups in total. The molecule has 0 saturated carbocycles. The number of hydrogen-bond donors (Lipinski definition) is 1. The van der Waals surface area contributed by atoms with Crippen molar-refractivity contribution in [1.82, 2.24) is 9.66 Å². The van der Waals surface area contributed by atoms with Gasteiger partial charge in [0.15, 0.2) is 0 Å². The summed E-state index contributed by atoms with van der Waals surface area (Å²) in [4.78, 5) is 3.94. The molecule has 0 spiro atoms. The summed E-state index contributed by atoms with van der Waals surface area (Å²) in [6, 6.07) is 7.43. The van der Waals surface area contributed by atoms with E-state index in [1.54, 1.807) is 30.5 Å². The Morgan fingerprint density at radius 1 is 1.25 bits per heavy atom. The first-order chi connectivity index (χ1) is 11.4. The maximum atomic E-state index is 5.88. The molecule has 7 heteroatoms. The Labute approximate surface area is 147 Å². The second-order valence-electron chi connectivity index (χ2n) is 6.33. The minimum Gasteiger partial charge on any atom is -0.497 e. The Morgan fingerprint density at radius 2 is 1.92 bits per heavy atom. The molecule has 24 heavy (non-hydrogen) atoms. The standard InChI is InChI=1S/C17H23N3O3S/c1-17(2,3)15(23-16(24)19-20-10-9-18-12-20)11-22-14-7-5-13(21-4)6-8-14/h5-10,12,15H,11H2,1-4H3,(H,19,24). The number of thiocarbonyl (C=S) groups is 1. The lowest BCUT2D eigenvalue weighted by molar-refractivity contribution is 0.0346. The van der Waals surface area contributed by atoms with Gasteiger partial charge in [0.25, 0.3) is 5.17 Å². The highest BCUT2D eigenvalue weighted by atomic mass is 32.1. The predicted octanol–water partition coefficient (Wildman–Crippen LogP) is 3.23. The maximum Gasteiger partial charge on any atom is 0.276 e. The molecule has 2 aromatic rings. The topological polar surface area (TPSA) is 57.5 Å². The number of benzene rings is 1. The van der Waals surface area contributed by atoms with Crippen LogP contribution in [-0.4, -0.2) is 34.7 Å². The molecule has 0 aliphatic heterocycles. The molecule has 0 aliphatic carbocycles. The van der Waals surface area contributed by atoms with Crippen LogP contribution >= 0.6 is 12.2 Å². The SMILES string of the molecule is COc1ccc(OCC(OC(=S)Nn2ccnc2)C(C)(C)C)cc1. The second kappa shape index (κ2) is 8.01. The van der Waals surface area contributed by atoms with Gasteiger partial charge in [0.2, 0.25) is 0 Å². The Morgan fingerprint density at radius 3 is 2.46 bits per heavy atom. The summed E-state index contributed by atoms with van der Waals surface area (Å²) in [5.74, 6) is 1.54. The van der Waals surface area contributed by atoms with Crippen molar-refractivity contribution in [2.24, 2.45) is 5.41 Å². The monoisotopic (exact) mass is 349 g/mol. The van der Waals surface area contributed by atoms with Gasteiger partial charge >= 0.3 is 0 Å². The number of rotatable bonds is 6. The molecule has 6 nitrogen and oxygen atoms in total. The number of methoxy groups -OCH3 is 1. The molecule has 0 bridgehead atoms. The van der Waals surface area contributed by atoms with Crippen molar-refractivity contribution >= 4 is 17.4 Å². The minimum absolute atomic E-state index is 0.146. The van der Waals surface area contributed by atoms with Gasteiger partial charge < -0.3 is 14.2 Å². The summed E-state index contributed by atoms with van der Waals surface area (Å²) in [7, 11) is 1.63. The lowest BCUT2D eigenvalue weighted by Gasteiger charge is -2.31. The van der Waals surface area contributed by atoms with E-state index in [1.807, 2.05) is 24.3 Å². The summed E-state index contributed by atoms with van der Waals surface area (Å²) < 4.78 is 18.5. The number of nitrogens with one attached hydrogen (secondary N) is 1. The van der Waals surface area contributed by atoms with Gasteiger partial charge in [0, 0.05) is 17.8 Å². The lowest BCUT2D eigenvalue weighted by Crippen LogP contribution is -2.39. The highest BCUT2D eigenvalue weighted by molar-refractivity contribution is 7.80. The van der Waals surface area contributed by atoms with E-state index in [0.29, 0.717) is 6.61 Å². The zero-order valence-electron chi connectivity index (χ0n) is 14.4. The zero-order chi connectivity index (χ0) is 17.6. The van der Waals surface area contributed by atoms with Crippen LogP contribution in [0.2, 0.25) is 0 Å². The van der Waals surface area contributed by atoms with E-state index < -0.39 is 0 Å². The molecular weight excluding hydrogens is 326 g/mol. The van der Waals surface area contributed by atoms with Crippen LogP contribution < -0.4 is 14.9 Å². The zero-order valence-corrected chi connectivity index (χ0v) is 15.2. The van der Waals surface area contributed by atoms with Crippen molar-refractivity contribution in [3.63, 3.8) is 0 Å². The molecule has 130 valence electrons. The van der Waals surface area contributed by atoms with Crippen molar-refractivity contribution in [3.8, 4) is 11.5 Å². The molecule has 1 aromatic carbocycles. The Kier molecular flexibility index (Phi) is 6.03. The molecule has 1 unspecified atom stereocenters. The van der Waals surface area contributed by atoms with E-state index in [1.165, 1.54) is 0 Å². The minimum atomic E-state index is -0.219. The summed E-state index contributed by atoms with van der Waals surface area (Å²) in [5.41, 5.74) is 2.78. The van der Waals surface area contributed by atoms with Gasteiger partial charge in [0.05, 0.1) is 7.11 Å². The highest BCUT2D eigenvalue weighted by Crippen LogP contribution is 2.24. The Bertz CT molecular complexity index is 636. The number of ether oxygens (including phenoxy) is 3. The van der Waals surface area contributed by atoms with Gasteiger partial charge in [-0.2, -0.15) is 0 Å². The number of hydrogen-bond acceptors (Lipinski definition) is 5. The third-order valence-electron chi connectivity index (χ3n) is 3.40. The van der Waals surface area contributed by atoms with Crippen LogP contribution in [0.25, 0.3) is 0 Å². The van der Waals surface area contributed by atoms with Crippen molar-refractivity contribution in [1.29, 1.82) is 0 Å². The van der Waals surface area contributed by atoms with E-state index in [4.69, 9.17) is 26.4 Å². The molecule has 1 heterocycles. The fourth-order valence-electron chi connectivity index (χ4n) is 1.89. The van der Waals surface area contributed by atoms with E-state index in [0.717, 1.165) is 11.5 Å². The van der Waals surface area contributed by atoms with E-state index in [9.17, 15) is 0 Å². The molecule has 0 saturated heterocycles. The number of aromatic nitrogens is 2. The molecule has 0 amide bonds. The fourth-order valence-corrected chi connectivity index (χ4v) is 2.11. The summed E-state index contributed by atoms with van der Waals surface area (Å²) in [5, 5.41) is 0.270. The Hall–Kier alpha value is -2.28. The van der Waals surface area contributed by atoms with Gasteiger partial charge in [-0.15, -0.1) is 0 Å². The molecule has 1 atom stereocenters. The van der Waals surface area contributed by atoms with Crippen molar-refractivity contribution in [3.05, 3.63) is 43.0 Å². The first-order valence-corrected chi connectivity index (χ1v) is 8.02. The van der Waals surface area contributed by atoms with Crippen LogP contribution in [0.15, 0.2) is 43.0 Å². The van der Waals surface area contributed by atoms with Crippen LogP contribution in [0.4, 0.5) is 0 Å². The third kappa shape index (κ3) is 5.42. The molecule has 2 rings (SSSR count). The average Bonchev–Trinajstić information content (AvgIpc) is 3.03. The Balaban J connectivity index is 1.93. The second-order valence-corrected chi connectivity index (χ2v) is 6.70. The highest BCUT2D eigenvalue weighted by Gasteiger charge is 2.28. The van der Waals surface area contributed by atoms with Gasteiger partial charge in [-0.3, -0.25) is 5.43 Å². The fraction of sp³-hybridized carbons (Fsp3) is 0.412. The van der Waals surface area contributed by atoms with Crippen molar-refractivity contribution in [2.75, 3.05) is 19.1 Å². The van der Waals surface area contributed by atoms with Gasteiger partial charge in [-0.1, -0.05) is 20.8 Å². The lowest BCUT2D eigenvalue weighted by atomic mass is 9.89. The van der Waals surface area contributed by atoms with Gasteiger partial charge in [0.1, 0.15) is 30.5 Å². The number of nitrogens with zero attached hydrogens (tertiary/aromatic N) is 2. The molecule has 0 fully saturated rings. The molecule has 0 radical (unpaired) electrons. The summed E-state index contributed by atoms with van der Waals surface area (Å²) in [6.45, 7) is 6.61.